The molecule has 0 aromatic carbocycles. The molecule has 0 fully saturated rings. The van der Waals surface area contributed by atoms with Crippen molar-refractivity contribution in [1.29, 1.82) is 0 Å². The molecule has 0 atom stereocenters. The Balaban J connectivity index is 0.000000180. The summed E-state index contributed by atoms with van der Waals surface area (Å²) in [6, 6.07) is 6.01. The molecule has 0 amide bonds. The lowest BCUT2D eigenvalue weighted by molar-refractivity contribution is 0.254. The van der Waals surface area contributed by atoms with Crippen molar-refractivity contribution in [2.24, 2.45) is 0 Å². The van der Waals surface area contributed by atoms with Crippen LogP contribution in [0.2, 0.25) is 0 Å². The van der Waals surface area contributed by atoms with Gasteiger partial charge >= 0.3 is 0 Å². The number of alkyl halides is 1. The maximum atomic E-state index is 4.96. The first-order valence-corrected chi connectivity index (χ1v) is 3.35. The standard InChI is InChI=1S/C5H5N.C2H5ClO/c1-2-4-6-5-3-1;1-4-2-3/h1-5H;2H2,1H3. The van der Waals surface area contributed by atoms with Gasteiger partial charge in [-0.3, -0.25) is 4.98 Å². The molecule has 56 valence electrons. The van der Waals surface area contributed by atoms with Gasteiger partial charge < -0.3 is 4.74 Å². The Morgan fingerprint density at radius 2 is 1.80 bits per heavy atom. The first-order valence-electron chi connectivity index (χ1n) is 2.81. The van der Waals surface area contributed by atoms with Gasteiger partial charge in [0.1, 0.15) is 6.07 Å². The Morgan fingerprint density at radius 1 is 1.30 bits per heavy atom. The quantitative estimate of drug-likeness (QED) is 0.584. The lowest BCUT2D eigenvalue weighted by Gasteiger charge is -1.74. The molecule has 1 heterocycles. The summed E-state index contributed by atoms with van der Waals surface area (Å²) in [5.74, 6) is 0. The third-order valence-electron chi connectivity index (χ3n) is 0.676. The number of ether oxygens (including phenoxy) is 1. The molecule has 0 N–H and O–H groups in total. The highest BCUT2D eigenvalue weighted by atomic mass is 35.5. The maximum Gasteiger partial charge on any atom is 0.120 e. The molecule has 2 nitrogen and oxygen atoms in total. The van der Waals surface area contributed by atoms with Crippen molar-refractivity contribution in [2.75, 3.05) is 13.2 Å². The van der Waals surface area contributed by atoms with Gasteiger partial charge in [0.25, 0.3) is 0 Å². The highest BCUT2D eigenvalue weighted by molar-refractivity contribution is 6.17. The average molecular weight is 160 g/mol. The first kappa shape index (κ1) is 9.40. The van der Waals surface area contributed by atoms with E-state index in [0.717, 1.165) is 0 Å². The predicted octanol–water partition coefficient (Wildman–Crippen LogP) is 1.91. The zero-order valence-electron chi connectivity index (χ0n) is 5.83. The second-order valence-electron chi connectivity index (χ2n) is 1.42. The Kier molecular flexibility index (Phi) is 7.90. The summed E-state index contributed by atoms with van der Waals surface area (Å²) in [5.41, 5.74) is 0. The minimum atomic E-state index is 0.292. The number of methoxy groups -OCH3 is 1. The largest absolute Gasteiger partial charge is 0.369 e. The van der Waals surface area contributed by atoms with E-state index in [1.807, 2.05) is 18.2 Å². The zero-order valence-corrected chi connectivity index (χ0v) is 6.58. The number of halogens is 1. The summed E-state index contributed by atoms with van der Waals surface area (Å²) in [6.07, 6.45) is 3.50. The van der Waals surface area contributed by atoms with Gasteiger partial charge in [-0.1, -0.05) is 17.7 Å². The zero-order chi connectivity index (χ0) is 7.66. The minimum Gasteiger partial charge on any atom is -0.369 e. The minimum absolute atomic E-state index is 0.292. The van der Waals surface area contributed by atoms with E-state index in [9.17, 15) is 0 Å². The van der Waals surface area contributed by atoms with Gasteiger partial charge in [-0.2, -0.15) is 0 Å². The van der Waals surface area contributed by atoms with E-state index >= 15 is 0 Å². The van der Waals surface area contributed by atoms with Crippen LogP contribution in [0.1, 0.15) is 0 Å². The third kappa shape index (κ3) is 7.40. The lowest BCUT2D eigenvalue weighted by Crippen LogP contribution is -1.68. The van der Waals surface area contributed by atoms with E-state index in [4.69, 9.17) is 11.6 Å². The molecule has 1 aromatic heterocycles. The molecular formula is C7H10ClNO. The van der Waals surface area contributed by atoms with E-state index in [-0.39, 0.29) is 0 Å². The second kappa shape index (κ2) is 8.40. The molecule has 0 radical (unpaired) electrons. The Bertz CT molecular complexity index is 106. The molecule has 0 saturated carbocycles. The van der Waals surface area contributed by atoms with E-state index in [0.29, 0.717) is 6.07 Å². The van der Waals surface area contributed by atoms with Crippen LogP contribution in [0.15, 0.2) is 30.6 Å². The van der Waals surface area contributed by atoms with Crippen LogP contribution >= 0.6 is 11.6 Å². The normalized spacial score (nSPS) is 7.80. The summed E-state index contributed by atoms with van der Waals surface area (Å²) in [7, 11) is 1.55. The van der Waals surface area contributed by atoms with Gasteiger partial charge in [0.05, 0.1) is 0 Å². The SMILES string of the molecule is COCCl.c1ccncc1. The maximum absolute atomic E-state index is 4.96. The smallest absolute Gasteiger partial charge is 0.120 e. The molecule has 1 rings (SSSR count). The first-order chi connectivity index (χ1) is 4.91. The molecule has 0 aliphatic rings. The molecule has 0 unspecified atom stereocenters. The molecule has 1 aromatic rings. The number of hydrogen-bond acceptors (Lipinski definition) is 2. The van der Waals surface area contributed by atoms with Crippen LogP contribution in [0.3, 0.4) is 0 Å². The van der Waals surface area contributed by atoms with Crippen LogP contribution in [0, 0.1) is 0 Å². The van der Waals surface area contributed by atoms with Crippen molar-refractivity contribution < 1.29 is 4.74 Å². The lowest BCUT2D eigenvalue weighted by atomic mass is 10.5. The monoisotopic (exact) mass is 159 g/mol. The van der Waals surface area contributed by atoms with E-state index < -0.39 is 0 Å². The Morgan fingerprint density at radius 3 is 1.90 bits per heavy atom. The van der Waals surface area contributed by atoms with Crippen molar-refractivity contribution in [2.45, 2.75) is 0 Å². The van der Waals surface area contributed by atoms with Crippen molar-refractivity contribution in [3.05, 3.63) is 30.6 Å². The summed E-state index contributed by atoms with van der Waals surface area (Å²) in [6.45, 7) is 0. The van der Waals surface area contributed by atoms with E-state index in [2.05, 4.69) is 9.72 Å². The summed E-state index contributed by atoms with van der Waals surface area (Å²) in [5, 5.41) is 0. The van der Waals surface area contributed by atoms with Crippen LogP contribution in [-0.4, -0.2) is 18.2 Å². The van der Waals surface area contributed by atoms with Crippen LogP contribution in [0.4, 0.5) is 0 Å². The van der Waals surface area contributed by atoms with Crippen molar-refractivity contribution in [3.8, 4) is 0 Å². The number of nitrogens with zero attached hydrogens (tertiary/aromatic N) is 1. The van der Waals surface area contributed by atoms with Gasteiger partial charge in [0.2, 0.25) is 0 Å². The molecule has 0 aliphatic carbocycles. The highest BCUT2D eigenvalue weighted by Gasteiger charge is 1.58. The molecule has 0 spiro atoms. The average Bonchev–Trinajstić information content (AvgIpc) is 2.08. The van der Waals surface area contributed by atoms with Crippen LogP contribution in [0.5, 0.6) is 0 Å². The van der Waals surface area contributed by atoms with Crippen molar-refractivity contribution >= 4 is 11.6 Å². The third-order valence-corrected chi connectivity index (χ3v) is 0.894. The molecule has 0 aliphatic heterocycles. The summed E-state index contributed by atoms with van der Waals surface area (Å²) < 4.78 is 4.31. The van der Waals surface area contributed by atoms with Crippen molar-refractivity contribution in [1.82, 2.24) is 4.98 Å². The van der Waals surface area contributed by atoms with Crippen LogP contribution in [-0.2, 0) is 4.74 Å². The number of hydrogen-bond donors (Lipinski definition) is 0. The number of pyridine rings is 1. The number of rotatable bonds is 1. The molecule has 0 bridgehead atoms. The second-order valence-corrected chi connectivity index (χ2v) is 1.64. The Hall–Kier alpha value is -0.600. The van der Waals surface area contributed by atoms with Gasteiger partial charge in [-0.05, 0) is 12.1 Å². The van der Waals surface area contributed by atoms with Crippen molar-refractivity contribution in [3.63, 3.8) is 0 Å². The molecular weight excluding hydrogens is 150 g/mol. The summed E-state index contributed by atoms with van der Waals surface area (Å²) >= 11 is 4.96. The van der Waals surface area contributed by atoms with Gasteiger partial charge in [0, 0.05) is 19.5 Å². The topological polar surface area (TPSA) is 22.1 Å². The fourth-order valence-electron chi connectivity index (χ4n) is 0.313. The Labute approximate surface area is 65.8 Å². The van der Waals surface area contributed by atoms with Gasteiger partial charge in [-0.15, -0.1) is 0 Å². The van der Waals surface area contributed by atoms with E-state index in [1.165, 1.54) is 0 Å². The van der Waals surface area contributed by atoms with Crippen LogP contribution < -0.4 is 0 Å². The van der Waals surface area contributed by atoms with Gasteiger partial charge in [-0.25, -0.2) is 0 Å². The number of aromatic nitrogens is 1. The van der Waals surface area contributed by atoms with E-state index in [1.54, 1.807) is 19.5 Å². The van der Waals surface area contributed by atoms with Gasteiger partial charge in [0.15, 0.2) is 0 Å². The highest BCUT2D eigenvalue weighted by Crippen LogP contribution is 1.73. The van der Waals surface area contributed by atoms with Crippen LogP contribution in [0.25, 0.3) is 0 Å². The molecule has 10 heavy (non-hydrogen) atoms. The fourth-order valence-corrected chi connectivity index (χ4v) is 0.313. The predicted molar refractivity (Wildman–Crippen MR) is 42.0 cm³/mol. The summed E-state index contributed by atoms with van der Waals surface area (Å²) in [4.78, 5) is 3.78. The molecule has 0 saturated heterocycles. The fraction of sp³-hybridized carbons (Fsp3) is 0.286. The molecule has 3 heteroatoms.